The number of carbonyl (C=O) groups is 1. The molecule has 0 unspecified atom stereocenters. The lowest BCUT2D eigenvalue weighted by Gasteiger charge is -2.24. The summed E-state index contributed by atoms with van der Waals surface area (Å²) in [6.45, 7) is 11.8. The minimum absolute atomic E-state index is 0.0886. The van der Waals surface area contributed by atoms with Crippen LogP contribution >= 0.6 is 0 Å². The van der Waals surface area contributed by atoms with E-state index in [-0.39, 0.29) is 18.6 Å². The van der Waals surface area contributed by atoms with Crippen molar-refractivity contribution in [1.82, 2.24) is 20.4 Å². The van der Waals surface area contributed by atoms with E-state index in [1.165, 1.54) is 0 Å². The second-order valence-corrected chi connectivity index (χ2v) is 6.94. The molecule has 2 atom stereocenters. The summed E-state index contributed by atoms with van der Waals surface area (Å²) in [5.74, 6) is 1.39. The van der Waals surface area contributed by atoms with Crippen LogP contribution in [-0.4, -0.2) is 33.5 Å². The Hall–Kier alpha value is -2.28. The van der Waals surface area contributed by atoms with Gasteiger partial charge in [-0.3, -0.25) is 4.68 Å². The number of nitrogens with zero attached hydrogens (tertiary/aromatic N) is 2. The van der Waals surface area contributed by atoms with Crippen LogP contribution in [0.1, 0.15) is 42.3 Å². The van der Waals surface area contributed by atoms with Crippen LogP contribution in [0.15, 0.2) is 16.5 Å². The molecule has 0 radical (unpaired) electrons. The van der Waals surface area contributed by atoms with Gasteiger partial charge in [-0.2, -0.15) is 5.10 Å². The smallest absolute Gasteiger partial charge is 0.315 e. The summed E-state index contributed by atoms with van der Waals surface area (Å²) >= 11 is 0. The molecule has 0 saturated heterocycles. The maximum absolute atomic E-state index is 12.1. The van der Waals surface area contributed by atoms with Gasteiger partial charge in [-0.1, -0.05) is 0 Å². The van der Waals surface area contributed by atoms with E-state index < -0.39 is 5.60 Å². The fraction of sp³-hybridized carbons (Fsp3) is 0.556. The van der Waals surface area contributed by atoms with Crippen LogP contribution in [0.5, 0.6) is 0 Å². The number of nitrogens with one attached hydrogen (secondary N) is 2. The summed E-state index contributed by atoms with van der Waals surface area (Å²) in [6, 6.07) is 3.37. The zero-order chi connectivity index (χ0) is 18.8. The van der Waals surface area contributed by atoms with Gasteiger partial charge < -0.3 is 20.2 Å². The molecule has 7 nitrogen and oxygen atoms in total. The predicted molar refractivity (Wildman–Crippen MR) is 95.5 cm³/mol. The normalized spacial score (nSPS) is 14.8. The van der Waals surface area contributed by atoms with E-state index in [0.29, 0.717) is 17.9 Å². The number of carbonyl (C=O) groups excluding carboxylic acids is 1. The van der Waals surface area contributed by atoms with Gasteiger partial charge in [-0.15, -0.1) is 0 Å². The SMILES string of the molecule is Cc1cc(C)n(C[C@H](C)NC(=O)NC[C@](C)(O)c2cc(C)oc2C)n1. The number of amides is 2. The largest absolute Gasteiger partial charge is 0.466 e. The summed E-state index contributed by atoms with van der Waals surface area (Å²) in [5, 5.41) is 20.6. The van der Waals surface area contributed by atoms with Gasteiger partial charge >= 0.3 is 6.03 Å². The summed E-state index contributed by atoms with van der Waals surface area (Å²) in [4.78, 5) is 12.1. The van der Waals surface area contributed by atoms with Crippen LogP contribution in [0.2, 0.25) is 0 Å². The highest BCUT2D eigenvalue weighted by molar-refractivity contribution is 5.74. The van der Waals surface area contributed by atoms with E-state index in [2.05, 4.69) is 15.7 Å². The minimum atomic E-state index is -1.20. The van der Waals surface area contributed by atoms with E-state index in [9.17, 15) is 9.90 Å². The molecule has 138 valence electrons. The lowest BCUT2D eigenvalue weighted by molar-refractivity contribution is 0.0577. The maximum atomic E-state index is 12.1. The molecular weight excluding hydrogens is 320 g/mol. The summed E-state index contributed by atoms with van der Waals surface area (Å²) in [7, 11) is 0. The number of hydrogen-bond acceptors (Lipinski definition) is 4. The first-order valence-corrected chi connectivity index (χ1v) is 8.44. The Labute approximate surface area is 148 Å². The van der Waals surface area contributed by atoms with Crippen molar-refractivity contribution in [3.05, 3.63) is 40.6 Å². The number of hydrogen-bond donors (Lipinski definition) is 3. The van der Waals surface area contributed by atoms with E-state index in [1.54, 1.807) is 19.9 Å². The second kappa shape index (κ2) is 7.31. The van der Waals surface area contributed by atoms with Crippen molar-refractivity contribution >= 4 is 6.03 Å². The number of urea groups is 1. The molecule has 0 aliphatic heterocycles. The van der Waals surface area contributed by atoms with Crippen molar-refractivity contribution in [3.63, 3.8) is 0 Å². The van der Waals surface area contributed by atoms with E-state index in [1.807, 2.05) is 38.4 Å². The van der Waals surface area contributed by atoms with Crippen molar-refractivity contribution < 1.29 is 14.3 Å². The Morgan fingerprint density at radius 2 is 2.04 bits per heavy atom. The topological polar surface area (TPSA) is 92.3 Å². The molecule has 2 amide bonds. The van der Waals surface area contributed by atoms with Gasteiger partial charge in [0.25, 0.3) is 0 Å². The zero-order valence-electron chi connectivity index (χ0n) is 15.8. The van der Waals surface area contributed by atoms with Crippen molar-refractivity contribution in [2.45, 2.75) is 59.7 Å². The third kappa shape index (κ3) is 4.85. The van der Waals surface area contributed by atoms with Crippen LogP contribution in [0.4, 0.5) is 4.79 Å². The standard InChI is InChI=1S/C18H28N4O3/c1-11-7-13(3)22(21-11)9-12(2)20-17(23)19-10-18(6,24)16-8-14(4)25-15(16)5/h7-8,12,24H,9-10H2,1-6H3,(H2,19,20,23)/t12-,18-/m0/s1. The molecule has 0 aliphatic rings. The highest BCUT2D eigenvalue weighted by Crippen LogP contribution is 2.26. The van der Waals surface area contributed by atoms with Crippen molar-refractivity contribution in [3.8, 4) is 0 Å². The molecular formula is C18H28N4O3. The monoisotopic (exact) mass is 348 g/mol. The molecule has 25 heavy (non-hydrogen) atoms. The molecule has 2 aromatic heterocycles. The third-order valence-corrected chi connectivity index (χ3v) is 4.14. The highest BCUT2D eigenvalue weighted by atomic mass is 16.3. The minimum Gasteiger partial charge on any atom is -0.466 e. The number of furan rings is 1. The van der Waals surface area contributed by atoms with Gasteiger partial charge in [0, 0.05) is 17.3 Å². The van der Waals surface area contributed by atoms with Crippen LogP contribution in [0.25, 0.3) is 0 Å². The summed E-state index contributed by atoms with van der Waals surface area (Å²) < 4.78 is 7.32. The Balaban J connectivity index is 1.87. The third-order valence-electron chi connectivity index (χ3n) is 4.14. The molecule has 2 aromatic rings. The number of aromatic nitrogens is 2. The average Bonchev–Trinajstić information content (AvgIpc) is 2.98. The van der Waals surface area contributed by atoms with Gasteiger partial charge in [0.2, 0.25) is 0 Å². The van der Waals surface area contributed by atoms with Gasteiger partial charge in [0.1, 0.15) is 17.1 Å². The first kappa shape index (κ1) is 19.1. The lowest BCUT2D eigenvalue weighted by atomic mass is 9.96. The van der Waals surface area contributed by atoms with E-state index in [4.69, 9.17) is 4.42 Å². The maximum Gasteiger partial charge on any atom is 0.315 e. The first-order valence-electron chi connectivity index (χ1n) is 8.44. The molecule has 2 rings (SSSR count). The fourth-order valence-electron chi connectivity index (χ4n) is 2.95. The quantitative estimate of drug-likeness (QED) is 0.747. The molecule has 0 fully saturated rings. The Bertz CT molecular complexity index is 746. The Morgan fingerprint density at radius 1 is 1.36 bits per heavy atom. The molecule has 0 aliphatic carbocycles. The van der Waals surface area contributed by atoms with E-state index in [0.717, 1.165) is 17.1 Å². The van der Waals surface area contributed by atoms with Gasteiger partial charge in [0.15, 0.2) is 0 Å². The molecule has 3 N–H and O–H groups in total. The fourth-order valence-corrected chi connectivity index (χ4v) is 2.95. The van der Waals surface area contributed by atoms with Crippen LogP contribution in [-0.2, 0) is 12.1 Å². The number of aryl methyl sites for hydroxylation is 4. The Kier molecular flexibility index (Phi) is 5.57. The molecule has 2 heterocycles. The zero-order valence-corrected chi connectivity index (χ0v) is 15.8. The Morgan fingerprint density at radius 3 is 2.56 bits per heavy atom. The molecule has 0 aromatic carbocycles. The van der Waals surface area contributed by atoms with Crippen LogP contribution in [0.3, 0.4) is 0 Å². The lowest BCUT2D eigenvalue weighted by Crippen LogP contribution is -2.47. The van der Waals surface area contributed by atoms with Crippen LogP contribution in [0, 0.1) is 27.7 Å². The summed E-state index contributed by atoms with van der Waals surface area (Å²) in [6.07, 6.45) is 0. The molecule has 0 saturated carbocycles. The number of rotatable bonds is 6. The molecule has 0 bridgehead atoms. The average molecular weight is 348 g/mol. The molecule has 0 spiro atoms. The summed E-state index contributed by atoms with van der Waals surface area (Å²) in [5.41, 5.74) is 1.50. The second-order valence-electron chi connectivity index (χ2n) is 6.94. The van der Waals surface area contributed by atoms with Crippen molar-refractivity contribution in [2.24, 2.45) is 0 Å². The molecule has 7 heteroatoms. The van der Waals surface area contributed by atoms with Crippen molar-refractivity contribution in [2.75, 3.05) is 6.54 Å². The van der Waals surface area contributed by atoms with Crippen molar-refractivity contribution in [1.29, 1.82) is 0 Å². The first-order chi connectivity index (χ1) is 11.6. The van der Waals surface area contributed by atoms with E-state index >= 15 is 0 Å². The van der Waals surface area contributed by atoms with Gasteiger partial charge in [-0.25, -0.2) is 4.79 Å². The number of aliphatic hydroxyl groups is 1. The van der Waals surface area contributed by atoms with Crippen LogP contribution < -0.4 is 10.6 Å². The van der Waals surface area contributed by atoms with Gasteiger partial charge in [0.05, 0.1) is 18.8 Å². The predicted octanol–water partition coefficient (Wildman–Crippen LogP) is 2.31. The highest BCUT2D eigenvalue weighted by Gasteiger charge is 2.28. The van der Waals surface area contributed by atoms with Gasteiger partial charge in [-0.05, 0) is 53.7 Å².